The molecule has 6 atom stereocenters. The Morgan fingerprint density at radius 1 is 0.316 bits per heavy atom. The number of carboxylic acids is 2. The third kappa shape index (κ3) is 25.4. The second kappa shape index (κ2) is 39.5. The SMILES string of the molecule is COC(=O)[C@@H](Cc1ccc(O)cc1)NC(=O)[C@H](Cc1ccccc1)NC(=O)c1ccccc1.O=C(N[C@@H](Cc1ccccc1)C(=O)N[C@@H](Cc1ccc(O)cc1)C(=O)O)c1ccccc1.O=C(N[C@@H](Cc1ccccc1)C(=O)N[C@H](Cc1ccc(O)cc1)C(=O)[O-])c1ccccc1.[Na+]. The van der Waals surface area contributed by atoms with Gasteiger partial charge in [0.15, 0.2) is 0 Å². The monoisotopic (exact) mass is 1330 g/mol. The van der Waals surface area contributed by atoms with Gasteiger partial charge in [0.25, 0.3) is 17.7 Å². The van der Waals surface area contributed by atoms with E-state index >= 15 is 0 Å². The van der Waals surface area contributed by atoms with Gasteiger partial charge in [-0.2, -0.15) is 0 Å². The first kappa shape index (κ1) is 75.6. The van der Waals surface area contributed by atoms with Crippen LogP contribution in [0.5, 0.6) is 17.2 Å². The summed E-state index contributed by atoms with van der Waals surface area (Å²) >= 11 is 0. The molecule has 10 N–H and O–H groups in total. The minimum Gasteiger partial charge on any atom is -0.548 e. The maximum absolute atomic E-state index is 13.2. The number of hydrogen-bond acceptors (Lipinski definition) is 14. The number of nitrogens with one attached hydrogen (secondary N) is 6. The number of aromatic hydroxyl groups is 3. The molecule has 0 aliphatic heterocycles. The van der Waals surface area contributed by atoms with E-state index in [1.165, 1.54) is 43.5 Å². The molecule has 22 heteroatoms. The van der Waals surface area contributed by atoms with Crippen molar-refractivity contribution in [2.45, 2.75) is 74.8 Å². The number of hydrogen-bond donors (Lipinski definition) is 10. The van der Waals surface area contributed by atoms with E-state index in [-0.39, 0.29) is 91.2 Å². The quantitative estimate of drug-likeness (QED) is 0.0261. The predicted octanol–water partition coefficient (Wildman–Crippen LogP) is 3.39. The molecule has 0 saturated carbocycles. The van der Waals surface area contributed by atoms with Crippen molar-refractivity contribution in [1.82, 2.24) is 31.9 Å². The van der Waals surface area contributed by atoms with Crippen LogP contribution in [0.2, 0.25) is 0 Å². The van der Waals surface area contributed by atoms with Gasteiger partial charge in [-0.1, -0.05) is 182 Å². The molecular weight excluding hydrogens is 1260 g/mol. The van der Waals surface area contributed by atoms with Crippen LogP contribution in [0.1, 0.15) is 64.5 Å². The van der Waals surface area contributed by atoms with Crippen molar-refractivity contribution in [3.05, 3.63) is 305 Å². The zero-order chi connectivity index (χ0) is 69.5. The summed E-state index contributed by atoms with van der Waals surface area (Å²) in [5.74, 6) is -6.01. The number of carbonyl (C=O) groups excluding carboxylic acids is 8. The fraction of sp³-hybridized carbons (Fsp3) is 0.171. The Kier molecular flexibility index (Phi) is 30.5. The van der Waals surface area contributed by atoms with E-state index in [2.05, 4.69) is 31.9 Å². The number of ether oxygens (including phenoxy) is 1. The first-order valence-corrected chi connectivity index (χ1v) is 30.8. The number of amides is 6. The Labute approximate surface area is 588 Å². The Morgan fingerprint density at radius 3 is 0.806 bits per heavy atom. The molecule has 0 heterocycles. The fourth-order valence-corrected chi connectivity index (χ4v) is 9.82. The first-order valence-electron chi connectivity index (χ1n) is 30.8. The van der Waals surface area contributed by atoms with Gasteiger partial charge >= 0.3 is 41.5 Å². The molecule has 21 nitrogen and oxygen atoms in total. The molecule has 0 radical (unpaired) electrons. The van der Waals surface area contributed by atoms with E-state index in [1.54, 1.807) is 127 Å². The Balaban J connectivity index is 0.000000231. The van der Waals surface area contributed by atoms with E-state index < -0.39 is 83.7 Å². The van der Waals surface area contributed by atoms with E-state index in [0.29, 0.717) is 27.8 Å². The summed E-state index contributed by atoms with van der Waals surface area (Å²) in [7, 11) is 1.25. The number of benzene rings is 9. The summed E-state index contributed by atoms with van der Waals surface area (Å²) in [6.45, 7) is 0. The van der Waals surface area contributed by atoms with Gasteiger partial charge in [-0.15, -0.1) is 0 Å². The second-order valence-electron chi connectivity index (χ2n) is 22.2. The fourth-order valence-electron chi connectivity index (χ4n) is 9.82. The third-order valence-electron chi connectivity index (χ3n) is 15.0. The molecule has 6 amide bonds. The van der Waals surface area contributed by atoms with Crippen LogP contribution in [0.3, 0.4) is 0 Å². The average molecular weight is 1330 g/mol. The van der Waals surface area contributed by atoms with E-state index in [4.69, 9.17) is 4.74 Å². The van der Waals surface area contributed by atoms with Gasteiger partial charge in [-0.25, -0.2) is 9.59 Å². The Hall–Kier alpha value is -11.4. The standard InChI is InChI=1S/C26H26N2O5.2C25H24N2O5.Na/c1-33-26(32)23(17-19-12-14-21(29)15-13-19)28-25(31)22(16-18-8-4-2-5-9-18)27-24(30)20-10-6-3-7-11-20;2*28-20-13-11-18(12-14-20)16-22(25(31)32)27-24(30)21(15-17-7-3-1-4-8-17)26-23(29)19-9-5-2-6-10-19;/h2-15,22-23,29H,16-17H2,1H3,(H,27,30)(H,28,31);2*1-14,21-22,28H,15-16H2,(H,26,29)(H,27,30)(H,31,32);/q;;;+1/p-1/t22-,23+;21-,22+;21-,22-;/m000./s1. The van der Waals surface area contributed by atoms with Gasteiger partial charge in [0.05, 0.1) is 19.1 Å². The van der Waals surface area contributed by atoms with Crippen molar-refractivity contribution in [2.24, 2.45) is 0 Å². The van der Waals surface area contributed by atoms with Gasteiger partial charge in [-0.05, 0) is 113 Å². The smallest absolute Gasteiger partial charge is 0.548 e. The van der Waals surface area contributed by atoms with Crippen molar-refractivity contribution in [3.63, 3.8) is 0 Å². The number of carbonyl (C=O) groups is 9. The second-order valence-corrected chi connectivity index (χ2v) is 22.2. The molecule has 0 unspecified atom stereocenters. The molecule has 9 rings (SSSR count). The number of rotatable bonds is 27. The van der Waals surface area contributed by atoms with Crippen molar-refractivity contribution in [1.29, 1.82) is 0 Å². The number of esters is 1. The molecule has 0 spiro atoms. The molecule has 0 saturated heterocycles. The van der Waals surface area contributed by atoms with E-state index in [0.717, 1.165) is 22.3 Å². The van der Waals surface area contributed by atoms with E-state index in [9.17, 15) is 68.7 Å². The van der Waals surface area contributed by atoms with E-state index in [1.807, 2.05) is 91.0 Å². The number of aliphatic carboxylic acids is 2. The Bertz CT molecular complexity index is 3840. The zero-order valence-electron chi connectivity index (χ0n) is 53.7. The van der Waals surface area contributed by atoms with Gasteiger partial charge in [0.1, 0.15) is 47.5 Å². The summed E-state index contributed by atoms with van der Waals surface area (Å²) in [6, 6.07) is 65.2. The topological polar surface area (TPSA) is 339 Å². The molecule has 98 heavy (non-hydrogen) atoms. The average Bonchev–Trinajstić information content (AvgIpc) is 1.05. The molecule has 9 aromatic rings. The maximum Gasteiger partial charge on any atom is 1.00 e. The van der Waals surface area contributed by atoms with Crippen LogP contribution in [0, 0.1) is 0 Å². The summed E-state index contributed by atoms with van der Waals surface area (Å²) < 4.78 is 4.87. The molecule has 0 aliphatic carbocycles. The van der Waals surface area contributed by atoms with Crippen molar-refractivity contribution in [3.8, 4) is 17.2 Å². The van der Waals surface area contributed by atoms with Crippen LogP contribution in [0.25, 0.3) is 0 Å². The minimum atomic E-state index is -1.45. The van der Waals surface area contributed by atoms with Crippen LogP contribution < -0.4 is 66.6 Å². The van der Waals surface area contributed by atoms with Gasteiger partial charge in [-0.3, -0.25) is 28.8 Å². The van der Waals surface area contributed by atoms with Gasteiger partial charge < -0.3 is 67.0 Å². The number of carboxylic acid groups (broad SMARTS) is 2. The van der Waals surface area contributed by atoms with Crippen LogP contribution in [0.15, 0.2) is 255 Å². The van der Waals surface area contributed by atoms with Gasteiger partial charge in [0, 0.05) is 48.8 Å². The van der Waals surface area contributed by atoms with Crippen LogP contribution in [0.4, 0.5) is 0 Å². The summed E-state index contributed by atoms with van der Waals surface area (Å²) in [5, 5.41) is 65.5. The molecule has 0 aliphatic rings. The molecule has 0 fully saturated rings. The Morgan fingerprint density at radius 2 is 0.541 bits per heavy atom. The summed E-state index contributed by atoms with van der Waals surface area (Å²) in [4.78, 5) is 113. The molecular formula is C76H73N6NaO15. The molecule has 498 valence electrons. The normalized spacial score (nSPS) is 12.2. The largest absolute Gasteiger partial charge is 1.00 e. The molecule has 0 bridgehead atoms. The molecule has 0 aromatic heterocycles. The van der Waals surface area contributed by atoms with Crippen molar-refractivity contribution in [2.75, 3.05) is 7.11 Å². The van der Waals surface area contributed by atoms with Crippen molar-refractivity contribution < 1.29 is 103 Å². The molecule has 9 aromatic carbocycles. The minimum absolute atomic E-state index is 0. The van der Waals surface area contributed by atoms with Crippen LogP contribution >= 0.6 is 0 Å². The number of methoxy groups -OCH3 is 1. The summed E-state index contributed by atoms with van der Waals surface area (Å²) in [6.07, 6.45) is 0.813. The number of phenols is 3. The van der Waals surface area contributed by atoms with Gasteiger partial charge in [0.2, 0.25) is 17.7 Å². The maximum atomic E-state index is 13.2. The predicted molar refractivity (Wildman–Crippen MR) is 359 cm³/mol. The number of phenolic OH excluding ortho intramolecular Hbond substituents is 3. The zero-order valence-corrected chi connectivity index (χ0v) is 55.7. The first-order chi connectivity index (χ1) is 46.8. The van der Waals surface area contributed by atoms with Crippen LogP contribution in [-0.2, 0) is 72.0 Å². The summed E-state index contributed by atoms with van der Waals surface area (Å²) in [5.41, 5.74) is 5.69. The third-order valence-corrected chi connectivity index (χ3v) is 15.0. The van der Waals surface area contributed by atoms with Crippen molar-refractivity contribution >= 4 is 53.4 Å². The van der Waals surface area contributed by atoms with Crippen LogP contribution in [-0.4, -0.2) is 117 Å².